The first-order valence-corrected chi connectivity index (χ1v) is 11.5. The van der Waals surface area contributed by atoms with E-state index in [2.05, 4.69) is 64.2 Å². The second-order valence-electron chi connectivity index (χ2n) is 8.81. The molecule has 0 atom stereocenters. The molecule has 3 rings (SSSR count). The van der Waals surface area contributed by atoms with Gasteiger partial charge in [-0.1, -0.05) is 44.6 Å². The van der Waals surface area contributed by atoms with E-state index >= 15 is 0 Å². The summed E-state index contributed by atoms with van der Waals surface area (Å²) >= 11 is 1.74. The van der Waals surface area contributed by atoms with Crippen molar-refractivity contribution >= 4 is 33.4 Å². The van der Waals surface area contributed by atoms with Crippen molar-refractivity contribution < 1.29 is 4.79 Å². The van der Waals surface area contributed by atoms with Gasteiger partial charge in [-0.2, -0.15) is 0 Å². The molecule has 2 aromatic rings. The van der Waals surface area contributed by atoms with E-state index in [4.69, 9.17) is 0 Å². The van der Waals surface area contributed by atoms with Crippen molar-refractivity contribution in [1.82, 2.24) is 5.32 Å². The number of carbonyl (C=O) groups is 1. The number of fused-ring (bicyclic) bond motifs is 1. The van der Waals surface area contributed by atoms with Crippen molar-refractivity contribution in [2.24, 2.45) is 5.41 Å². The fraction of sp³-hybridized carbons (Fsp3) is 0.423. The third-order valence-corrected chi connectivity index (χ3v) is 6.81. The van der Waals surface area contributed by atoms with Crippen LogP contribution in [-0.2, 0) is 0 Å². The largest absolute Gasteiger partial charge is 0.352 e. The van der Waals surface area contributed by atoms with Crippen molar-refractivity contribution in [2.45, 2.75) is 60.3 Å². The third-order valence-electron chi connectivity index (χ3n) is 5.76. The Labute approximate surface area is 179 Å². The molecule has 1 aliphatic rings. The van der Waals surface area contributed by atoms with E-state index in [1.807, 2.05) is 18.2 Å². The standard InChI is InChI=1S/C26H33NOS/c1-6-14-27-25(28)21-11-10-20-16-22(29-24(20)17-21)15-18(2)9-12-23-19(3)8-7-13-26(23,4)5/h9-12,15-17H,6-8,13-14H2,1-5H3,(H,27,28). The Balaban J connectivity index is 1.79. The lowest BCUT2D eigenvalue weighted by Gasteiger charge is -2.32. The van der Waals surface area contributed by atoms with Crippen LogP contribution in [0, 0.1) is 5.41 Å². The van der Waals surface area contributed by atoms with Gasteiger partial charge >= 0.3 is 0 Å². The summed E-state index contributed by atoms with van der Waals surface area (Å²) in [7, 11) is 0. The third kappa shape index (κ3) is 5.27. The van der Waals surface area contributed by atoms with Gasteiger partial charge in [0.1, 0.15) is 0 Å². The summed E-state index contributed by atoms with van der Waals surface area (Å²) in [6.07, 6.45) is 11.5. The highest BCUT2D eigenvalue weighted by Crippen LogP contribution is 2.40. The van der Waals surface area contributed by atoms with E-state index in [0.29, 0.717) is 6.54 Å². The molecular formula is C26H33NOS. The fourth-order valence-electron chi connectivity index (χ4n) is 4.10. The minimum atomic E-state index is 0.0112. The van der Waals surface area contributed by atoms with E-state index < -0.39 is 0 Å². The topological polar surface area (TPSA) is 29.1 Å². The molecule has 0 saturated carbocycles. The Morgan fingerprint density at radius 2 is 2.07 bits per heavy atom. The summed E-state index contributed by atoms with van der Waals surface area (Å²) in [5.74, 6) is 0.0112. The molecule has 0 saturated heterocycles. The number of allylic oxidation sites excluding steroid dienone is 5. The maximum absolute atomic E-state index is 12.2. The summed E-state index contributed by atoms with van der Waals surface area (Å²) in [6.45, 7) is 11.9. The maximum Gasteiger partial charge on any atom is 0.251 e. The van der Waals surface area contributed by atoms with Gasteiger partial charge in [-0.3, -0.25) is 4.79 Å². The van der Waals surface area contributed by atoms with Crippen molar-refractivity contribution in [3.8, 4) is 0 Å². The molecule has 1 amide bonds. The Kier molecular flexibility index (Phi) is 6.79. The van der Waals surface area contributed by atoms with Crippen LogP contribution in [0.3, 0.4) is 0 Å². The summed E-state index contributed by atoms with van der Waals surface area (Å²) in [5, 5.41) is 4.14. The minimum Gasteiger partial charge on any atom is -0.352 e. The average molecular weight is 408 g/mol. The first-order chi connectivity index (χ1) is 13.8. The zero-order valence-corrected chi connectivity index (χ0v) is 19.2. The molecule has 1 aromatic carbocycles. The fourth-order valence-corrected chi connectivity index (χ4v) is 5.22. The van der Waals surface area contributed by atoms with Crippen LogP contribution in [0.4, 0.5) is 0 Å². The normalized spacial score (nSPS) is 17.3. The maximum atomic E-state index is 12.2. The Morgan fingerprint density at radius 3 is 2.79 bits per heavy atom. The SMILES string of the molecule is CCCNC(=O)c1ccc2cc(C=C(C)C=CC3=C(C)CCCC3(C)C)sc2c1. The highest BCUT2D eigenvalue weighted by Gasteiger charge is 2.26. The molecule has 1 aromatic heterocycles. The van der Waals surface area contributed by atoms with Crippen LogP contribution >= 0.6 is 11.3 Å². The van der Waals surface area contributed by atoms with Crippen LogP contribution in [0.5, 0.6) is 0 Å². The monoisotopic (exact) mass is 407 g/mol. The molecule has 1 heterocycles. The minimum absolute atomic E-state index is 0.0112. The van der Waals surface area contributed by atoms with Crippen LogP contribution in [0.25, 0.3) is 16.2 Å². The van der Waals surface area contributed by atoms with Gasteiger partial charge in [0.05, 0.1) is 0 Å². The van der Waals surface area contributed by atoms with Crippen molar-refractivity contribution in [2.75, 3.05) is 6.54 Å². The first kappa shape index (κ1) is 21.6. The average Bonchev–Trinajstić information content (AvgIpc) is 3.06. The van der Waals surface area contributed by atoms with Crippen molar-refractivity contribution in [1.29, 1.82) is 0 Å². The van der Waals surface area contributed by atoms with Crippen LogP contribution < -0.4 is 5.32 Å². The molecule has 29 heavy (non-hydrogen) atoms. The van der Waals surface area contributed by atoms with Crippen molar-refractivity contribution in [3.05, 3.63) is 63.6 Å². The van der Waals surface area contributed by atoms with Gasteiger partial charge in [0.2, 0.25) is 0 Å². The number of benzene rings is 1. The summed E-state index contributed by atoms with van der Waals surface area (Å²) in [6, 6.07) is 8.18. The molecule has 0 bridgehead atoms. The first-order valence-electron chi connectivity index (χ1n) is 10.7. The van der Waals surface area contributed by atoms with Gasteiger partial charge < -0.3 is 5.32 Å². The van der Waals surface area contributed by atoms with E-state index in [9.17, 15) is 4.79 Å². The van der Waals surface area contributed by atoms with Gasteiger partial charge in [0.15, 0.2) is 0 Å². The van der Waals surface area contributed by atoms with Crippen LogP contribution in [0.15, 0.2) is 53.1 Å². The smallest absolute Gasteiger partial charge is 0.251 e. The van der Waals surface area contributed by atoms with Gasteiger partial charge in [0.25, 0.3) is 5.91 Å². The van der Waals surface area contributed by atoms with E-state index in [0.717, 1.165) is 16.7 Å². The number of hydrogen-bond donors (Lipinski definition) is 1. The molecular weight excluding hydrogens is 374 g/mol. The summed E-state index contributed by atoms with van der Waals surface area (Å²) in [4.78, 5) is 13.4. The van der Waals surface area contributed by atoms with E-state index in [1.165, 1.54) is 46.2 Å². The Morgan fingerprint density at radius 1 is 1.28 bits per heavy atom. The zero-order chi connectivity index (χ0) is 21.0. The number of hydrogen-bond acceptors (Lipinski definition) is 2. The number of nitrogens with one attached hydrogen (secondary N) is 1. The Bertz CT molecular complexity index is 987. The Hall–Kier alpha value is -2.13. The lowest BCUT2D eigenvalue weighted by atomic mass is 9.72. The van der Waals surface area contributed by atoms with Gasteiger partial charge in [-0.05, 0) is 85.8 Å². The second kappa shape index (κ2) is 9.13. The molecule has 1 aliphatic carbocycles. The molecule has 0 spiro atoms. The summed E-state index contributed by atoms with van der Waals surface area (Å²) < 4.78 is 1.16. The highest BCUT2D eigenvalue weighted by molar-refractivity contribution is 7.19. The van der Waals surface area contributed by atoms with Gasteiger partial charge in [-0.15, -0.1) is 11.3 Å². The van der Waals surface area contributed by atoms with Crippen LogP contribution in [-0.4, -0.2) is 12.5 Å². The quantitative estimate of drug-likeness (QED) is 0.493. The lowest BCUT2D eigenvalue weighted by molar-refractivity contribution is 0.0954. The number of rotatable bonds is 6. The molecule has 0 fully saturated rings. The lowest BCUT2D eigenvalue weighted by Crippen LogP contribution is -2.23. The highest BCUT2D eigenvalue weighted by atomic mass is 32.1. The molecule has 154 valence electrons. The van der Waals surface area contributed by atoms with Gasteiger partial charge in [-0.25, -0.2) is 0 Å². The predicted molar refractivity (Wildman–Crippen MR) is 128 cm³/mol. The molecule has 0 unspecified atom stereocenters. The number of amides is 1. The molecule has 3 heteroatoms. The van der Waals surface area contributed by atoms with E-state index in [-0.39, 0.29) is 11.3 Å². The number of carbonyl (C=O) groups excluding carboxylic acids is 1. The van der Waals surface area contributed by atoms with E-state index in [1.54, 1.807) is 11.3 Å². The molecule has 2 nitrogen and oxygen atoms in total. The number of thiophene rings is 1. The predicted octanol–water partition coefficient (Wildman–Crippen LogP) is 7.53. The van der Waals surface area contributed by atoms with Gasteiger partial charge in [0, 0.05) is 21.7 Å². The molecule has 0 aliphatic heterocycles. The van der Waals surface area contributed by atoms with Crippen LogP contribution in [0.1, 0.15) is 75.5 Å². The molecule has 1 N–H and O–H groups in total. The molecule has 0 radical (unpaired) electrons. The summed E-state index contributed by atoms with van der Waals surface area (Å²) in [5.41, 5.74) is 5.28. The second-order valence-corrected chi connectivity index (χ2v) is 9.93. The van der Waals surface area contributed by atoms with Crippen LogP contribution in [0.2, 0.25) is 0 Å². The van der Waals surface area contributed by atoms with Crippen molar-refractivity contribution in [3.63, 3.8) is 0 Å². The zero-order valence-electron chi connectivity index (χ0n) is 18.4.